The van der Waals surface area contributed by atoms with E-state index in [4.69, 9.17) is 4.74 Å². The normalized spacial score (nSPS) is 23.0. The summed E-state index contributed by atoms with van der Waals surface area (Å²) in [6.45, 7) is 4.35. The highest BCUT2D eigenvalue weighted by molar-refractivity contribution is 5.75. The standard InChI is InChI=1S/C17H26N2O3/c1-12-6-4-7-13(2)19(12)17(21)18-11-16(20)14-8-5-9-15(10-14)22-3/h5,8-10,12-13,16,20H,4,6-7,11H2,1-3H3,(H,18,21). The van der Waals surface area contributed by atoms with Crippen LogP contribution in [0.2, 0.25) is 0 Å². The van der Waals surface area contributed by atoms with Gasteiger partial charge in [0, 0.05) is 18.6 Å². The molecule has 2 amide bonds. The molecule has 5 heteroatoms. The summed E-state index contributed by atoms with van der Waals surface area (Å²) in [5, 5.41) is 13.1. The van der Waals surface area contributed by atoms with E-state index in [-0.39, 0.29) is 24.7 Å². The van der Waals surface area contributed by atoms with Crippen LogP contribution in [-0.4, -0.2) is 41.8 Å². The predicted molar refractivity (Wildman–Crippen MR) is 86.0 cm³/mol. The summed E-state index contributed by atoms with van der Waals surface area (Å²) in [4.78, 5) is 14.2. The molecular formula is C17H26N2O3. The molecule has 3 unspecified atom stereocenters. The quantitative estimate of drug-likeness (QED) is 0.899. The number of carbonyl (C=O) groups is 1. The number of methoxy groups -OCH3 is 1. The first-order valence-electron chi connectivity index (χ1n) is 7.91. The number of likely N-dealkylation sites (tertiary alicyclic amines) is 1. The fourth-order valence-corrected chi connectivity index (χ4v) is 3.06. The van der Waals surface area contributed by atoms with Crippen LogP contribution in [0, 0.1) is 0 Å². The summed E-state index contributed by atoms with van der Waals surface area (Å²) in [6, 6.07) is 7.66. The first kappa shape index (κ1) is 16.6. The summed E-state index contributed by atoms with van der Waals surface area (Å²) >= 11 is 0. The topological polar surface area (TPSA) is 61.8 Å². The highest BCUT2D eigenvalue weighted by Crippen LogP contribution is 2.23. The van der Waals surface area contributed by atoms with Crippen LogP contribution in [0.4, 0.5) is 4.79 Å². The number of ether oxygens (including phenoxy) is 1. The average molecular weight is 306 g/mol. The van der Waals surface area contributed by atoms with Gasteiger partial charge in [0.2, 0.25) is 0 Å². The van der Waals surface area contributed by atoms with Crippen LogP contribution < -0.4 is 10.1 Å². The van der Waals surface area contributed by atoms with E-state index in [0.717, 1.165) is 18.4 Å². The van der Waals surface area contributed by atoms with E-state index in [1.807, 2.05) is 23.1 Å². The van der Waals surface area contributed by atoms with Gasteiger partial charge < -0.3 is 20.1 Å². The minimum atomic E-state index is -0.741. The zero-order valence-electron chi connectivity index (χ0n) is 13.6. The molecule has 0 aromatic heterocycles. The second-order valence-corrected chi connectivity index (χ2v) is 6.01. The number of aliphatic hydroxyl groups excluding tert-OH is 1. The van der Waals surface area contributed by atoms with Crippen molar-refractivity contribution in [2.45, 2.75) is 51.3 Å². The SMILES string of the molecule is COc1cccc(C(O)CNC(=O)N2C(C)CCCC2C)c1. The average Bonchev–Trinajstić information content (AvgIpc) is 2.52. The van der Waals surface area contributed by atoms with Crippen LogP contribution in [0.5, 0.6) is 5.75 Å². The smallest absolute Gasteiger partial charge is 0.317 e. The second kappa shape index (κ2) is 7.49. The molecule has 0 radical (unpaired) electrons. The van der Waals surface area contributed by atoms with Gasteiger partial charge in [-0.1, -0.05) is 12.1 Å². The molecule has 0 spiro atoms. The van der Waals surface area contributed by atoms with E-state index in [2.05, 4.69) is 19.2 Å². The minimum Gasteiger partial charge on any atom is -0.497 e. The van der Waals surface area contributed by atoms with Crippen molar-refractivity contribution in [3.8, 4) is 5.75 Å². The van der Waals surface area contributed by atoms with Gasteiger partial charge in [0.15, 0.2) is 0 Å². The zero-order valence-corrected chi connectivity index (χ0v) is 13.6. The van der Waals surface area contributed by atoms with Crippen molar-refractivity contribution in [3.63, 3.8) is 0 Å². The van der Waals surface area contributed by atoms with Gasteiger partial charge in [-0.2, -0.15) is 0 Å². The van der Waals surface area contributed by atoms with Crippen molar-refractivity contribution in [1.29, 1.82) is 0 Å². The summed E-state index contributed by atoms with van der Waals surface area (Å²) < 4.78 is 5.15. The molecule has 1 aromatic carbocycles. The molecule has 1 heterocycles. The molecule has 122 valence electrons. The number of amides is 2. The Morgan fingerprint density at radius 2 is 2.09 bits per heavy atom. The number of hydrogen-bond acceptors (Lipinski definition) is 3. The van der Waals surface area contributed by atoms with Gasteiger partial charge >= 0.3 is 6.03 Å². The van der Waals surface area contributed by atoms with Gasteiger partial charge in [-0.3, -0.25) is 0 Å². The molecule has 0 saturated carbocycles. The largest absolute Gasteiger partial charge is 0.497 e. The predicted octanol–water partition coefficient (Wildman–Crippen LogP) is 2.70. The molecule has 1 aliphatic rings. The van der Waals surface area contributed by atoms with Crippen LogP contribution in [-0.2, 0) is 0 Å². The lowest BCUT2D eigenvalue weighted by molar-refractivity contribution is 0.115. The van der Waals surface area contributed by atoms with Crippen LogP contribution in [0.1, 0.15) is 44.8 Å². The molecule has 1 aromatic rings. The summed E-state index contributed by atoms with van der Waals surface area (Å²) in [5.41, 5.74) is 0.736. The monoisotopic (exact) mass is 306 g/mol. The molecule has 2 rings (SSSR count). The first-order chi connectivity index (χ1) is 10.5. The van der Waals surface area contributed by atoms with Crippen LogP contribution in [0.15, 0.2) is 24.3 Å². The third kappa shape index (κ3) is 3.91. The van der Waals surface area contributed by atoms with Crippen molar-refractivity contribution in [2.24, 2.45) is 0 Å². The molecule has 1 fully saturated rings. The molecule has 3 atom stereocenters. The number of nitrogens with one attached hydrogen (secondary N) is 1. The van der Waals surface area contributed by atoms with Crippen molar-refractivity contribution >= 4 is 6.03 Å². The van der Waals surface area contributed by atoms with E-state index in [1.165, 1.54) is 6.42 Å². The molecule has 1 aliphatic heterocycles. The van der Waals surface area contributed by atoms with Gasteiger partial charge in [0.25, 0.3) is 0 Å². The van der Waals surface area contributed by atoms with Gasteiger partial charge in [-0.15, -0.1) is 0 Å². The number of aliphatic hydroxyl groups is 1. The lowest BCUT2D eigenvalue weighted by Gasteiger charge is -2.39. The minimum absolute atomic E-state index is 0.0957. The Morgan fingerprint density at radius 1 is 1.41 bits per heavy atom. The first-order valence-corrected chi connectivity index (χ1v) is 7.91. The van der Waals surface area contributed by atoms with Crippen molar-refractivity contribution in [3.05, 3.63) is 29.8 Å². The molecule has 5 nitrogen and oxygen atoms in total. The van der Waals surface area contributed by atoms with Gasteiger partial charge in [0.05, 0.1) is 13.2 Å². The highest BCUT2D eigenvalue weighted by Gasteiger charge is 2.29. The second-order valence-electron chi connectivity index (χ2n) is 6.01. The van der Waals surface area contributed by atoms with Crippen LogP contribution in [0.25, 0.3) is 0 Å². The number of hydrogen-bond donors (Lipinski definition) is 2. The maximum absolute atomic E-state index is 12.4. The third-order valence-electron chi connectivity index (χ3n) is 4.35. The number of carbonyl (C=O) groups excluding carboxylic acids is 1. The number of piperidine rings is 1. The lowest BCUT2D eigenvalue weighted by Crippen LogP contribution is -2.52. The molecule has 2 N–H and O–H groups in total. The maximum Gasteiger partial charge on any atom is 0.317 e. The molecular weight excluding hydrogens is 280 g/mol. The zero-order chi connectivity index (χ0) is 16.1. The number of benzene rings is 1. The van der Waals surface area contributed by atoms with Gasteiger partial charge in [-0.05, 0) is 50.8 Å². The van der Waals surface area contributed by atoms with Crippen molar-refractivity contribution in [1.82, 2.24) is 10.2 Å². The van der Waals surface area contributed by atoms with Crippen molar-refractivity contribution < 1.29 is 14.6 Å². The van der Waals surface area contributed by atoms with E-state index >= 15 is 0 Å². The Balaban J connectivity index is 1.92. The molecule has 22 heavy (non-hydrogen) atoms. The number of nitrogens with zero attached hydrogens (tertiary/aromatic N) is 1. The summed E-state index contributed by atoms with van der Waals surface area (Å²) in [7, 11) is 1.59. The van der Waals surface area contributed by atoms with Gasteiger partial charge in [0.1, 0.15) is 5.75 Å². The maximum atomic E-state index is 12.4. The Morgan fingerprint density at radius 3 is 2.73 bits per heavy atom. The van der Waals surface area contributed by atoms with E-state index < -0.39 is 6.10 Å². The van der Waals surface area contributed by atoms with E-state index in [9.17, 15) is 9.90 Å². The number of rotatable bonds is 4. The Hall–Kier alpha value is -1.75. The van der Waals surface area contributed by atoms with Crippen molar-refractivity contribution in [2.75, 3.05) is 13.7 Å². The molecule has 0 aliphatic carbocycles. The van der Waals surface area contributed by atoms with E-state index in [0.29, 0.717) is 5.75 Å². The Kier molecular flexibility index (Phi) is 5.66. The van der Waals surface area contributed by atoms with Crippen LogP contribution >= 0.6 is 0 Å². The van der Waals surface area contributed by atoms with Crippen LogP contribution in [0.3, 0.4) is 0 Å². The Labute approximate surface area is 132 Å². The third-order valence-corrected chi connectivity index (χ3v) is 4.35. The van der Waals surface area contributed by atoms with E-state index in [1.54, 1.807) is 13.2 Å². The lowest BCUT2D eigenvalue weighted by atomic mass is 9.98. The van der Waals surface area contributed by atoms with Gasteiger partial charge in [-0.25, -0.2) is 4.79 Å². The fraction of sp³-hybridized carbons (Fsp3) is 0.588. The molecule has 0 bridgehead atoms. The summed E-state index contributed by atoms with van der Waals surface area (Å²) in [6.07, 6.45) is 2.50. The summed E-state index contributed by atoms with van der Waals surface area (Å²) in [5.74, 6) is 0.696. The highest BCUT2D eigenvalue weighted by atomic mass is 16.5. The molecule has 1 saturated heterocycles. The number of urea groups is 1. The fourth-order valence-electron chi connectivity index (χ4n) is 3.06. The Bertz CT molecular complexity index is 496.